The minimum atomic E-state index is -0.993. The van der Waals surface area contributed by atoms with E-state index in [0.29, 0.717) is 59.0 Å². The number of hydrogen-bond acceptors (Lipinski definition) is 18. The molecule has 3 aromatic carbocycles. The molecule has 3 N–H and O–H groups in total. The van der Waals surface area contributed by atoms with Gasteiger partial charge >= 0.3 is 12.1 Å². The lowest BCUT2D eigenvalue weighted by Gasteiger charge is -2.42. The topological polar surface area (TPSA) is 237 Å². The number of fused-ring (bicyclic) bond motifs is 2. The van der Waals surface area contributed by atoms with Gasteiger partial charge in [0.15, 0.2) is 0 Å². The minimum absolute atomic E-state index is 0.0252. The number of nitrogens with one attached hydrogen (secondary N) is 2. The third-order valence-electron chi connectivity index (χ3n) is 16.2. The number of amides is 4. The largest absolute Gasteiger partial charge is 0.462 e. The first-order valence-corrected chi connectivity index (χ1v) is 30.4. The molecule has 2 aromatic heterocycles. The summed E-state index contributed by atoms with van der Waals surface area (Å²) in [6, 6.07) is 22.6. The van der Waals surface area contributed by atoms with Crippen LogP contribution in [-0.2, 0) is 46.3 Å². The van der Waals surface area contributed by atoms with Gasteiger partial charge in [-0.3, -0.25) is 19.3 Å². The van der Waals surface area contributed by atoms with Crippen molar-refractivity contribution in [3.05, 3.63) is 94.8 Å². The summed E-state index contributed by atoms with van der Waals surface area (Å²) in [7, 11) is 2.04. The van der Waals surface area contributed by atoms with Crippen molar-refractivity contribution in [3.63, 3.8) is 0 Å². The maximum absolute atomic E-state index is 14.2. The fraction of sp³-hybridized carbons (Fsp3) is 0.556. The molecule has 0 unspecified atom stereocenters. The zero-order valence-electron chi connectivity index (χ0n) is 50.5. The van der Waals surface area contributed by atoms with Crippen LogP contribution >= 0.6 is 11.3 Å². The van der Waals surface area contributed by atoms with E-state index in [0.717, 1.165) is 57.4 Å². The lowest BCUT2D eigenvalue weighted by molar-refractivity contribution is -0.144. The Morgan fingerprint density at radius 2 is 1.60 bits per heavy atom. The SMILES string of the molecule is Cc1ncsc1-c1ccc([C@H](C)NC(=O)[C@@H]2C[C@@H](O)CN2C(=O)[C@@H](NC(=O)COCCOCCO[C@@H]2C[C@@H](COc3nc4c(c(N5CCN(C(=O)OC(C)(C)C)[C@@H](CC#N)C5)n3)CCN(c3cccc5ccccc35)C4)N(C)C2)C(C)(C)C)cc1. The Bertz CT molecular complexity index is 3170. The van der Waals surface area contributed by atoms with Gasteiger partial charge in [0.2, 0.25) is 17.7 Å². The van der Waals surface area contributed by atoms with Gasteiger partial charge in [0, 0.05) is 68.4 Å². The number of nitriles is 1. The van der Waals surface area contributed by atoms with E-state index in [9.17, 15) is 29.5 Å². The molecule has 0 radical (unpaired) electrons. The summed E-state index contributed by atoms with van der Waals surface area (Å²) in [5, 5.41) is 28.8. The van der Waals surface area contributed by atoms with Crippen molar-refractivity contribution in [2.75, 3.05) is 95.8 Å². The van der Waals surface area contributed by atoms with E-state index in [1.165, 1.54) is 15.7 Å². The Morgan fingerprint density at radius 3 is 2.34 bits per heavy atom. The van der Waals surface area contributed by atoms with Crippen molar-refractivity contribution in [2.24, 2.45) is 5.41 Å². The van der Waals surface area contributed by atoms with E-state index in [4.69, 9.17) is 33.7 Å². The Kier molecular flexibility index (Phi) is 20.3. The number of hydrogen-bond donors (Lipinski definition) is 3. The second-order valence-corrected chi connectivity index (χ2v) is 25.6. The zero-order valence-corrected chi connectivity index (χ0v) is 51.4. The number of thiazole rings is 1. The van der Waals surface area contributed by atoms with Gasteiger partial charge in [-0.2, -0.15) is 15.2 Å². The maximum atomic E-state index is 14.2. The molecule has 0 bridgehead atoms. The number of likely N-dealkylation sites (tertiary alicyclic amines) is 2. The quantitative estimate of drug-likeness (QED) is 0.0638. The van der Waals surface area contributed by atoms with Crippen LogP contribution in [0.15, 0.2) is 72.2 Å². The van der Waals surface area contributed by atoms with Crippen LogP contribution in [0.25, 0.3) is 21.2 Å². The number of likely N-dealkylation sites (N-methyl/N-ethyl adjacent to an activating group) is 1. The third-order valence-corrected chi connectivity index (χ3v) is 17.1. The summed E-state index contributed by atoms with van der Waals surface area (Å²) >= 11 is 1.57. The Balaban J connectivity index is 0.728. The molecule has 9 rings (SSSR count). The van der Waals surface area contributed by atoms with Gasteiger partial charge < -0.3 is 59.0 Å². The fourth-order valence-electron chi connectivity index (χ4n) is 11.7. The zero-order chi connectivity index (χ0) is 60.6. The number of aliphatic hydroxyl groups is 1. The summed E-state index contributed by atoms with van der Waals surface area (Å²) in [5.74, 6) is -0.558. The van der Waals surface area contributed by atoms with Gasteiger partial charge in [0.1, 0.15) is 36.7 Å². The first-order valence-electron chi connectivity index (χ1n) is 29.6. The second-order valence-electron chi connectivity index (χ2n) is 24.7. The number of piperazine rings is 1. The molecule has 456 valence electrons. The molecule has 5 aromatic rings. The van der Waals surface area contributed by atoms with Gasteiger partial charge in [-0.15, -0.1) is 11.3 Å². The fourth-order valence-corrected chi connectivity index (χ4v) is 12.5. The molecule has 7 atom stereocenters. The molecule has 0 spiro atoms. The van der Waals surface area contributed by atoms with Crippen LogP contribution < -0.4 is 25.2 Å². The maximum Gasteiger partial charge on any atom is 0.410 e. The van der Waals surface area contributed by atoms with Crippen LogP contribution in [0.4, 0.5) is 16.3 Å². The predicted octanol–water partition coefficient (Wildman–Crippen LogP) is 6.84. The smallest absolute Gasteiger partial charge is 0.410 e. The number of nitrogens with zero attached hydrogens (tertiary/aromatic N) is 9. The first kappa shape index (κ1) is 62.5. The van der Waals surface area contributed by atoms with Crippen molar-refractivity contribution >= 4 is 57.4 Å². The van der Waals surface area contributed by atoms with Crippen LogP contribution in [0.5, 0.6) is 6.01 Å². The number of carbonyl (C=O) groups is 4. The lowest BCUT2D eigenvalue weighted by atomic mass is 9.85. The number of aliphatic hydroxyl groups excluding tert-OH is 1. The Morgan fingerprint density at radius 1 is 0.847 bits per heavy atom. The average Bonchev–Trinajstić information content (AvgIpc) is 2.44. The highest BCUT2D eigenvalue weighted by Gasteiger charge is 2.45. The number of rotatable bonds is 21. The summed E-state index contributed by atoms with van der Waals surface area (Å²) in [6.07, 6.45) is 0.264. The van der Waals surface area contributed by atoms with Crippen molar-refractivity contribution in [3.8, 4) is 22.5 Å². The van der Waals surface area contributed by atoms with Gasteiger partial charge in [-0.1, -0.05) is 81.4 Å². The molecule has 4 amide bonds. The van der Waals surface area contributed by atoms with Gasteiger partial charge in [-0.05, 0) is 82.5 Å². The van der Waals surface area contributed by atoms with Crippen molar-refractivity contribution < 1.29 is 48.0 Å². The number of anilines is 2. The lowest BCUT2D eigenvalue weighted by Crippen LogP contribution is -2.58. The van der Waals surface area contributed by atoms with E-state index in [1.54, 1.807) is 16.2 Å². The highest BCUT2D eigenvalue weighted by atomic mass is 32.1. The van der Waals surface area contributed by atoms with Crippen LogP contribution in [0.3, 0.4) is 0 Å². The molecule has 0 saturated carbocycles. The Hall–Kier alpha value is -7.00. The van der Waals surface area contributed by atoms with Gasteiger partial charge in [0.25, 0.3) is 0 Å². The Labute approximate surface area is 502 Å². The molecule has 0 aliphatic carbocycles. The number of carbonyl (C=O) groups excluding carboxylic acids is 4. The molecular formula is C63H83N11O10S. The number of benzene rings is 3. The molecule has 85 heavy (non-hydrogen) atoms. The van der Waals surface area contributed by atoms with Gasteiger partial charge in [-0.25, -0.2) is 9.78 Å². The number of β-amino-alcohol motifs (C(OH)–C–C–N with tert-alkyl or cyclic N) is 1. The van der Waals surface area contributed by atoms with Crippen LogP contribution in [-0.4, -0.2) is 187 Å². The molecular weight excluding hydrogens is 1100 g/mol. The normalized spacial score (nSPS) is 20.9. The highest BCUT2D eigenvalue weighted by Crippen LogP contribution is 2.36. The van der Waals surface area contributed by atoms with E-state index >= 15 is 0 Å². The summed E-state index contributed by atoms with van der Waals surface area (Å²) in [5.41, 5.74) is 6.37. The average molecular weight is 1190 g/mol. The summed E-state index contributed by atoms with van der Waals surface area (Å²) in [4.78, 5) is 79.9. The number of aryl methyl sites for hydroxylation is 1. The van der Waals surface area contributed by atoms with Crippen molar-refractivity contribution in [1.29, 1.82) is 5.26 Å². The summed E-state index contributed by atoms with van der Waals surface area (Å²) < 4.78 is 30.0. The van der Waals surface area contributed by atoms with Crippen molar-refractivity contribution in [1.82, 2.24) is 40.3 Å². The van der Waals surface area contributed by atoms with Crippen LogP contribution in [0, 0.1) is 23.7 Å². The molecule has 4 aliphatic heterocycles. The van der Waals surface area contributed by atoms with E-state index < -0.39 is 53.2 Å². The second kappa shape index (κ2) is 27.6. The standard InChI is InChI=1S/C63H83N11O10S/c1-40(42-17-19-44(20-18-42)55-41(2)65-39-85-55)66-58(77)53-32-47(75)34-74(53)59(78)56(62(3,4)5)68-54(76)38-81-28-27-80-29-30-82-48-31-46(70(9)35-48)37-83-60-67-51-36-71(52-16-12-14-43-13-10-11-15-49(43)52)24-22-50(51)57(69-60)72-25-26-73(45(33-72)21-23-64)61(79)84-63(6,7)8/h10-20,39-40,45-48,53,56,75H,21-22,24-38H2,1-9H3,(H,66,77)(H,68,76)/t40-,45-,46-,47+,48+,53-,56+/m0/s1. The highest BCUT2D eigenvalue weighted by molar-refractivity contribution is 7.13. The molecule has 22 heteroatoms. The number of aromatic nitrogens is 3. The molecule has 3 saturated heterocycles. The minimum Gasteiger partial charge on any atom is -0.462 e. The summed E-state index contributed by atoms with van der Waals surface area (Å²) in [6.45, 7) is 19.2. The molecule has 21 nitrogen and oxygen atoms in total. The monoisotopic (exact) mass is 1190 g/mol. The van der Waals surface area contributed by atoms with Crippen molar-refractivity contribution in [2.45, 2.75) is 136 Å². The molecule has 4 aliphatic rings. The number of ether oxygens (including phenoxy) is 5. The van der Waals surface area contributed by atoms with E-state index in [1.807, 2.05) is 92.2 Å². The van der Waals surface area contributed by atoms with Crippen LogP contribution in [0.2, 0.25) is 0 Å². The molecule has 3 fully saturated rings. The van der Waals surface area contributed by atoms with E-state index in [-0.39, 0.29) is 69.3 Å². The van der Waals surface area contributed by atoms with Crippen LogP contribution in [0.1, 0.15) is 96.3 Å². The first-order chi connectivity index (χ1) is 40.6. The van der Waals surface area contributed by atoms with Gasteiger partial charge in [0.05, 0.1) is 91.5 Å². The third kappa shape index (κ3) is 15.7. The van der Waals surface area contributed by atoms with E-state index in [2.05, 4.69) is 78.9 Å². The molecule has 6 heterocycles. The predicted molar refractivity (Wildman–Crippen MR) is 324 cm³/mol.